The van der Waals surface area contributed by atoms with E-state index in [1.54, 1.807) is 34.3 Å². The first-order valence-electron chi connectivity index (χ1n) is 9.70. The number of furan rings is 2. The predicted octanol–water partition coefficient (Wildman–Crippen LogP) is 4.20. The summed E-state index contributed by atoms with van der Waals surface area (Å²) >= 11 is 0. The summed E-state index contributed by atoms with van der Waals surface area (Å²) in [5, 5.41) is 0. The lowest BCUT2D eigenvalue weighted by Gasteiger charge is -2.28. The molecule has 0 aliphatic heterocycles. The largest absolute Gasteiger partial charge is 0.467 e. The zero-order valence-electron chi connectivity index (χ0n) is 16.8. The molecule has 0 saturated heterocycles. The Morgan fingerprint density at radius 3 is 2.21 bits per heavy atom. The molecule has 0 bridgehead atoms. The molecule has 6 nitrogen and oxygen atoms in total. The van der Waals surface area contributed by atoms with Crippen LogP contribution in [0.4, 0.5) is 0 Å². The van der Waals surface area contributed by atoms with E-state index < -0.39 is 0 Å². The van der Waals surface area contributed by atoms with Gasteiger partial charge in [-0.3, -0.25) is 9.59 Å². The molecule has 2 heterocycles. The third-order valence-electron chi connectivity index (χ3n) is 4.43. The van der Waals surface area contributed by atoms with Crippen LogP contribution in [0.25, 0.3) is 0 Å². The Kier molecular flexibility index (Phi) is 6.89. The molecule has 2 aromatic heterocycles. The molecule has 3 rings (SSSR count). The van der Waals surface area contributed by atoms with Gasteiger partial charge in [0.1, 0.15) is 12.3 Å². The molecule has 0 fully saturated rings. The lowest BCUT2D eigenvalue weighted by atomic mass is 10.2. The van der Waals surface area contributed by atoms with E-state index in [2.05, 4.69) is 0 Å². The van der Waals surface area contributed by atoms with E-state index >= 15 is 0 Å². The highest BCUT2D eigenvalue weighted by Crippen LogP contribution is 2.14. The Labute approximate surface area is 170 Å². The lowest BCUT2D eigenvalue weighted by molar-refractivity contribution is -0.133. The molecule has 0 unspecified atom stereocenters. The Hall–Kier alpha value is -3.28. The molecule has 0 spiro atoms. The fourth-order valence-corrected chi connectivity index (χ4v) is 3.11. The van der Waals surface area contributed by atoms with E-state index in [0.29, 0.717) is 25.4 Å². The average molecular weight is 394 g/mol. The van der Waals surface area contributed by atoms with E-state index in [1.165, 1.54) is 6.26 Å². The molecule has 0 saturated carbocycles. The van der Waals surface area contributed by atoms with Crippen LogP contribution in [-0.2, 0) is 17.9 Å². The molecule has 0 N–H and O–H groups in total. The first-order chi connectivity index (χ1) is 14.0. The number of benzene rings is 1. The van der Waals surface area contributed by atoms with E-state index in [-0.39, 0.29) is 30.0 Å². The standard InChI is InChI=1S/C23H26N2O4/c1-18(2)14-25(23(27)21-11-7-13-29-21)17-22(26)24(16-20-10-6-12-28-20)15-19-8-4-3-5-9-19/h3-13,18H,14-17H2,1-2H3. The highest BCUT2D eigenvalue weighted by atomic mass is 16.3. The van der Waals surface area contributed by atoms with Crippen LogP contribution in [0.3, 0.4) is 0 Å². The summed E-state index contributed by atoms with van der Waals surface area (Å²) in [6.45, 7) is 5.24. The molecule has 0 atom stereocenters. The maximum atomic E-state index is 13.2. The van der Waals surface area contributed by atoms with Crippen molar-refractivity contribution in [1.29, 1.82) is 0 Å². The number of hydrogen-bond acceptors (Lipinski definition) is 4. The summed E-state index contributed by atoms with van der Waals surface area (Å²) in [6, 6.07) is 16.7. The van der Waals surface area contributed by atoms with E-state index in [1.807, 2.05) is 50.2 Å². The monoisotopic (exact) mass is 394 g/mol. The topological polar surface area (TPSA) is 66.9 Å². The van der Waals surface area contributed by atoms with Crippen LogP contribution < -0.4 is 0 Å². The molecule has 29 heavy (non-hydrogen) atoms. The zero-order chi connectivity index (χ0) is 20.6. The summed E-state index contributed by atoms with van der Waals surface area (Å²) < 4.78 is 10.7. The van der Waals surface area contributed by atoms with Crippen LogP contribution >= 0.6 is 0 Å². The molecule has 152 valence electrons. The Balaban J connectivity index is 1.77. The van der Waals surface area contributed by atoms with Crippen molar-refractivity contribution in [3.63, 3.8) is 0 Å². The first-order valence-corrected chi connectivity index (χ1v) is 9.70. The number of nitrogens with zero attached hydrogens (tertiary/aromatic N) is 2. The smallest absolute Gasteiger partial charge is 0.290 e. The van der Waals surface area contributed by atoms with Gasteiger partial charge in [-0.25, -0.2) is 0 Å². The van der Waals surface area contributed by atoms with Crippen molar-refractivity contribution in [3.8, 4) is 0 Å². The quantitative estimate of drug-likeness (QED) is 0.546. The number of carbonyl (C=O) groups is 2. The van der Waals surface area contributed by atoms with E-state index in [0.717, 1.165) is 5.56 Å². The molecule has 1 aromatic carbocycles. The normalized spacial score (nSPS) is 10.9. The van der Waals surface area contributed by atoms with Gasteiger partial charge < -0.3 is 18.6 Å². The maximum Gasteiger partial charge on any atom is 0.290 e. The van der Waals surface area contributed by atoms with E-state index in [4.69, 9.17) is 8.83 Å². The van der Waals surface area contributed by atoms with Gasteiger partial charge in [-0.1, -0.05) is 44.2 Å². The van der Waals surface area contributed by atoms with Crippen LogP contribution in [-0.4, -0.2) is 34.7 Å². The first kappa shape index (κ1) is 20.5. The molecule has 3 aromatic rings. The summed E-state index contributed by atoms with van der Waals surface area (Å²) in [5.74, 6) is 0.719. The minimum Gasteiger partial charge on any atom is -0.467 e. The van der Waals surface area contributed by atoms with Gasteiger partial charge in [0.25, 0.3) is 5.91 Å². The maximum absolute atomic E-state index is 13.2. The fraction of sp³-hybridized carbons (Fsp3) is 0.304. The van der Waals surface area contributed by atoms with Crippen molar-refractivity contribution < 1.29 is 18.4 Å². The van der Waals surface area contributed by atoms with Crippen LogP contribution in [0.2, 0.25) is 0 Å². The summed E-state index contributed by atoms with van der Waals surface area (Å²) in [4.78, 5) is 29.3. The van der Waals surface area contributed by atoms with Gasteiger partial charge in [0.15, 0.2) is 5.76 Å². The SMILES string of the molecule is CC(C)CN(CC(=O)N(Cc1ccccc1)Cc1ccco1)C(=O)c1ccco1. The minimum absolute atomic E-state index is 0.0226. The van der Waals surface area contributed by atoms with Crippen molar-refractivity contribution in [1.82, 2.24) is 9.80 Å². The fourth-order valence-electron chi connectivity index (χ4n) is 3.11. The molecule has 2 amide bonds. The second kappa shape index (κ2) is 9.78. The number of carbonyl (C=O) groups excluding carboxylic acids is 2. The minimum atomic E-state index is -0.283. The van der Waals surface area contributed by atoms with Gasteiger partial charge in [0.2, 0.25) is 5.91 Å². The van der Waals surface area contributed by atoms with Crippen molar-refractivity contribution >= 4 is 11.8 Å². The number of rotatable bonds is 9. The van der Waals surface area contributed by atoms with Crippen molar-refractivity contribution in [2.24, 2.45) is 5.92 Å². The van der Waals surface area contributed by atoms with Gasteiger partial charge in [-0.15, -0.1) is 0 Å². The molecular formula is C23H26N2O4. The van der Waals surface area contributed by atoms with Gasteiger partial charge in [-0.05, 0) is 35.7 Å². The van der Waals surface area contributed by atoms with Crippen LogP contribution in [0.5, 0.6) is 0 Å². The summed E-state index contributed by atoms with van der Waals surface area (Å²) in [7, 11) is 0. The molecular weight excluding hydrogens is 368 g/mol. The lowest BCUT2D eigenvalue weighted by Crippen LogP contribution is -2.43. The second-order valence-electron chi connectivity index (χ2n) is 7.37. The highest BCUT2D eigenvalue weighted by Gasteiger charge is 2.25. The van der Waals surface area contributed by atoms with Gasteiger partial charge in [-0.2, -0.15) is 0 Å². The predicted molar refractivity (Wildman–Crippen MR) is 109 cm³/mol. The van der Waals surface area contributed by atoms with Gasteiger partial charge in [0.05, 0.1) is 19.1 Å². The average Bonchev–Trinajstić information content (AvgIpc) is 3.41. The Bertz CT molecular complexity index is 886. The third-order valence-corrected chi connectivity index (χ3v) is 4.43. The molecule has 0 aliphatic rings. The molecule has 0 aliphatic carbocycles. The summed E-state index contributed by atoms with van der Waals surface area (Å²) in [6.07, 6.45) is 3.05. The second-order valence-corrected chi connectivity index (χ2v) is 7.37. The summed E-state index contributed by atoms with van der Waals surface area (Å²) in [5.41, 5.74) is 1.01. The van der Waals surface area contributed by atoms with E-state index in [9.17, 15) is 9.59 Å². The third kappa shape index (κ3) is 5.85. The van der Waals surface area contributed by atoms with Crippen LogP contribution in [0.15, 0.2) is 76.0 Å². The molecule has 0 radical (unpaired) electrons. The molecule has 6 heteroatoms. The zero-order valence-corrected chi connectivity index (χ0v) is 16.8. The van der Waals surface area contributed by atoms with Crippen molar-refractivity contribution in [3.05, 3.63) is 84.2 Å². The van der Waals surface area contributed by atoms with Crippen LogP contribution in [0.1, 0.15) is 35.7 Å². The van der Waals surface area contributed by atoms with Crippen molar-refractivity contribution in [2.75, 3.05) is 13.1 Å². The number of hydrogen-bond donors (Lipinski definition) is 0. The van der Waals surface area contributed by atoms with Crippen molar-refractivity contribution in [2.45, 2.75) is 26.9 Å². The van der Waals surface area contributed by atoms with Crippen LogP contribution in [0, 0.1) is 5.92 Å². The number of amides is 2. The Morgan fingerprint density at radius 2 is 1.59 bits per heavy atom. The highest BCUT2D eigenvalue weighted by molar-refractivity contribution is 5.94. The Morgan fingerprint density at radius 1 is 0.862 bits per heavy atom. The van der Waals surface area contributed by atoms with Gasteiger partial charge >= 0.3 is 0 Å². The van der Waals surface area contributed by atoms with Gasteiger partial charge in [0, 0.05) is 13.1 Å².